The van der Waals surface area contributed by atoms with E-state index in [2.05, 4.69) is 4.90 Å². The number of sulfone groups is 1. The molecule has 0 aromatic heterocycles. The molecule has 86 valence electrons. The second-order valence-corrected chi connectivity index (χ2v) is 5.98. The maximum atomic E-state index is 11.6. The van der Waals surface area contributed by atoms with Crippen molar-refractivity contribution < 1.29 is 8.42 Å². The van der Waals surface area contributed by atoms with Gasteiger partial charge >= 0.3 is 0 Å². The number of hydrogen-bond donors (Lipinski definition) is 1. The Morgan fingerprint density at radius 3 is 2.14 bits per heavy atom. The third-order valence-electron chi connectivity index (χ3n) is 2.53. The van der Waals surface area contributed by atoms with E-state index in [1.165, 1.54) is 0 Å². The first-order chi connectivity index (χ1) is 6.47. The summed E-state index contributed by atoms with van der Waals surface area (Å²) in [6.07, 6.45) is 0. The van der Waals surface area contributed by atoms with Gasteiger partial charge in [-0.25, -0.2) is 8.42 Å². The van der Waals surface area contributed by atoms with Gasteiger partial charge in [0, 0.05) is 13.1 Å². The Kier molecular flexibility index (Phi) is 6.31. The fraction of sp³-hybridized carbons (Fsp3) is 1.00. The monoisotopic (exact) mass is 222 g/mol. The van der Waals surface area contributed by atoms with Crippen LogP contribution >= 0.6 is 0 Å². The molecular formula is C9H22N2O2S. The average molecular weight is 222 g/mol. The molecule has 0 heterocycles. The van der Waals surface area contributed by atoms with E-state index >= 15 is 0 Å². The van der Waals surface area contributed by atoms with Crippen LogP contribution in [0.25, 0.3) is 0 Å². The Morgan fingerprint density at radius 1 is 1.29 bits per heavy atom. The number of rotatable bonds is 7. The van der Waals surface area contributed by atoms with E-state index in [0.717, 1.165) is 13.1 Å². The van der Waals surface area contributed by atoms with Crippen LogP contribution in [-0.4, -0.2) is 50.5 Å². The van der Waals surface area contributed by atoms with E-state index < -0.39 is 15.1 Å². The summed E-state index contributed by atoms with van der Waals surface area (Å²) in [5, 5.41) is -0.418. The van der Waals surface area contributed by atoms with Gasteiger partial charge in [0.15, 0.2) is 9.84 Å². The summed E-state index contributed by atoms with van der Waals surface area (Å²) in [5.74, 6) is 0.215. The van der Waals surface area contributed by atoms with Crippen molar-refractivity contribution in [2.45, 2.75) is 26.0 Å². The van der Waals surface area contributed by atoms with Crippen molar-refractivity contribution in [3.63, 3.8) is 0 Å². The molecule has 0 radical (unpaired) electrons. The molecule has 0 bridgehead atoms. The highest BCUT2D eigenvalue weighted by Crippen LogP contribution is 2.01. The SMILES string of the molecule is CCN(CC)CCS(=O)(=O)C(C)CN. The van der Waals surface area contributed by atoms with Crippen LogP contribution in [0.4, 0.5) is 0 Å². The zero-order chi connectivity index (χ0) is 11.2. The van der Waals surface area contributed by atoms with Crippen molar-refractivity contribution in [1.82, 2.24) is 4.90 Å². The zero-order valence-corrected chi connectivity index (χ0v) is 10.2. The molecule has 0 aliphatic carbocycles. The van der Waals surface area contributed by atoms with Gasteiger partial charge in [-0.3, -0.25) is 0 Å². The van der Waals surface area contributed by atoms with Crippen LogP contribution < -0.4 is 5.73 Å². The van der Waals surface area contributed by atoms with Gasteiger partial charge in [-0.2, -0.15) is 0 Å². The van der Waals surface area contributed by atoms with E-state index in [4.69, 9.17) is 5.73 Å². The van der Waals surface area contributed by atoms with Crippen LogP contribution in [0.2, 0.25) is 0 Å². The number of hydrogen-bond acceptors (Lipinski definition) is 4. The molecule has 0 aromatic carbocycles. The molecule has 4 nitrogen and oxygen atoms in total. The van der Waals surface area contributed by atoms with Gasteiger partial charge in [-0.15, -0.1) is 0 Å². The van der Waals surface area contributed by atoms with Crippen molar-refractivity contribution in [2.24, 2.45) is 5.73 Å². The van der Waals surface area contributed by atoms with Gasteiger partial charge in [0.2, 0.25) is 0 Å². The average Bonchev–Trinajstić information content (AvgIpc) is 2.18. The molecule has 0 saturated carbocycles. The maximum Gasteiger partial charge on any atom is 0.155 e. The summed E-state index contributed by atoms with van der Waals surface area (Å²) < 4.78 is 23.2. The van der Waals surface area contributed by atoms with Gasteiger partial charge in [0.05, 0.1) is 11.0 Å². The van der Waals surface area contributed by atoms with Crippen LogP contribution in [0.5, 0.6) is 0 Å². The summed E-state index contributed by atoms with van der Waals surface area (Å²) in [6, 6.07) is 0. The topological polar surface area (TPSA) is 63.4 Å². The molecule has 0 aromatic rings. The van der Waals surface area contributed by atoms with E-state index in [0.29, 0.717) is 6.54 Å². The molecular weight excluding hydrogens is 200 g/mol. The first kappa shape index (κ1) is 13.9. The summed E-state index contributed by atoms with van der Waals surface area (Å²) in [4.78, 5) is 2.10. The van der Waals surface area contributed by atoms with Gasteiger partial charge < -0.3 is 10.6 Å². The molecule has 0 aliphatic rings. The smallest absolute Gasteiger partial charge is 0.155 e. The standard InChI is InChI=1S/C9H22N2O2S/c1-4-11(5-2)6-7-14(12,13)9(3)8-10/h9H,4-8,10H2,1-3H3. The summed E-state index contributed by atoms with van der Waals surface area (Å²) in [7, 11) is -2.99. The van der Waals surface area contributed by atoms with Crippen LogP contribution in [0.1, 0.15) is 20.8 Å². The highest BCUT2D eigenvalue weighted by atomic mass is 32.2. The zero-order valence-electron chi connectivity index (χ0n) is 9.36. The molecule has 2 N–H and O–H groups in total. The quantitative estimate of drug-likeness (QED) is 0.663. The van der Waals surface area contributed by atoms with E-state index in [9.17, 15) is 8.42 Å². The molecule has 0 fully saturated rings. The van der Waals surface area contributed by atoms with E-state index in [-0.39, 0.29) is 12.3 Å². The molecule has 0 amide bonds. The maximum absolute atomic E-state index is 11.6. The van der Waals surface area contributed by atoms with Crippen LogP contribution in [0.3, 0.4) is 0 Å². The lowest BCUT2D eigenvalue weighted by Gasteiger charge is -2.19. The molecule has 5 heteroatoms. The number of nitrogens with zero attached hydrogens (tertiary/aromatic N) is 1. The Bertz CT molecular complexity index is 235. The van der Waals surface area contributed by atoms with Gasteiger partial charge in [0.1, 0.15) is 0 Å². The lowest BCUT2D eigenvalue weighted by atomic mass is 10.5. The van der Waals surface area contributed by atoms with Gasteiger partial charge in [-0.1, -0.05) is 13.8 Å². The first-order valence-electron chi connectivity index (χ1n) is 5.11. The Hall–Kier alpha value is -0.130. The minimum atomic E-state index is -2.99. The first-order valence-corrected chi connectivity index (χ1v) is 6.83. The fourth-order valence-electron chi connectivity index (χ4n) is 1.14. The molecule has 0 spiro atoms. The van der Waals surface area contributed by atoms with Crippen molar-refractivity contribution in [1.29, 1.82) is 0 Å². The number of nitrogens with two attached hydrogens (primary N) is 1. The molecule has 14 heavy (non-hydrogen) atoms. The van der Waals surface area contributed by atoms with E-state index in [1.54, 1.807) is 6.92 Å². The van der Waals surface area contributed by atoms with Crippen molar-refractivity contribution >= 4 is 9.84 Å². The molecule has 1 atom stereocenters. The van der Waals surface area contributed by atoms with Crippen molar-refractivity contribution in [3.8, 4) is 0 Å². The van der Waals surface area contributed by atoms with Crippen molar-refractivity contribution in [3.05, 3.63) is 0 Å². The Labute approximate surface area is 87.4 Å². The molecule has 0 saturated heterocycles. The third kappa shape index (κ3) is 4.39. The lowest BCUT2D eigenvalue weighted by Crippen LogP contribution is -2.35. The Balaban J connectivity index is 4.11. The highest BCUT2D eigenvalue weighted by Gasteiger charge is 2.19. The highest BCUT2D eigenvalue weighted by molar-refractivity contribution is 7.92. The lowest BCUT2D eigenvalue weighted by molar-refractivity contribution is 0.321. The second-order valence-electron chi connectivity index (χ2n) is 3.44. The molecule has 0 aliphatic heterocycles. The summed E-state index contributed by atoms with van der Waals surface area (Å²) in [5.41, 5.74) is 5.34. The van der Waals surface area contributed by atoms with Gasteiger partial charge in [-0.05, 0) is 20.0 Å². The van der Waals surface area contributed by atoms with E-state index in [1.807, 2.05) is 13.8 Å². The predicted molar refractivity (Wildman–Crippen MR) is 60.1 cm³/mol. The minimum Gasteiger partial charge on any atom is -0.329 e. The largest absolute Gasteiger partial charge is 0.329 e. The van der Waals surface area contributed by atoms with Crippen LogP contribution in [0, 0.1) is 0 Å². The normalized spacial score (nSPS) is 14.6. The summed E-state index contributed by atoms with van der Waals surface area (Å²) in [6.45, 7) is 8.33. The van der Waals surface area contributed by atoms with Gasteiger partial charge in [0.25, 0.3) is 0 Å². The fourth-order valence-corrected chi connectivity index (χ4v) is 2.35. The molecule has 1 unspecified atom stereocenters. The second kappa shape index (κ2) is 6.37. The Morgan fingerprint density at radius 2 is 1.79 bits per heavy atom. The third-order valence-corrected chi connectivity index (χ3v) is 4.70. The predicted octanol–water partition coefficient (Wildman–Crippen LogP) is 0.0902. The van der Waals surface area contributed by atoms with Crippen molar-refractivity contribution in [2.75, 3.05) is 31.9 Å². The van der Waals surface area contributed by atoms with Crippen LogP contribution in [-0.2, 0) is 9.84 Å². The summed E-state index contributed by atoms with van der Waals surface area (Å²) >= 11 is 0. The van der Waals surface area contributed by atoms with Crippen LogP contribution in [0.15, 0.2) is 0 Å². The molecule has 0 rings (SSSR count). The minimum absolute atomic E-state index is 0.209.